The zero-order valence-electron chi connectivity index (χ0n) is 12.6. The minimum Gasteiger partial charge on any atom is -0.480 e. The van der Waals surface area contributed by atoms with E-state index < -0.39 is 18.0 Å². The third-order valence-electron chi connectivity index (χ3n) is 2.94. The first-order valence-electron chi connectivity index (χ1n) is 6.71. The first-order chi connectivity index (χ1) is 8.73. The van der Waals surface area contributed by atoms with Gasteiger partial charge in [-0.3, -0.25) is 0 Å². The molecule has 0 rings (SSSR count). The van der Waals surface area contributed by atoms with Gasteiger partial charge in [0.25, 0.3) is 0 Å². The summed E-state index contributed by atoms with van der Waals surface area (Å²) < 4.78 is 0. The topological polar surface area (TPSA) is 81.7 Å². The molecule has 2 amide bonds. The lowest BCUT2D eigenvalue weighted by Gasteiger charge is -2.21. The van der Waals surface area contributed by atoms with E-state index in [2.05, 4.69) is 29.4 Å². The quantitative estimate of drug-likeness (QED) is 0.619. The van der Waals surface area contributed by atoms with E-state index in [4.69, 9.17) is 5.11 Å². The third kappa shape index (κ3) is 8.42. The molecule has 0 aliphatic rings. The van der Waals surface area contributed by atoms with Gasteiger partial charge in [0, 0.05) is 19.1 Å². The number of likely N-dealkylation sites (N-methyl/N-ethyl adjacent to an activating group) is 1. The Morgan fingerprint density at radius 3 is 2.21 bits per heavy atom. The summed E-state index contributed by atoms with van der Waals surface area (Å²) in [5.41, 5.74) is 0. The second-order valence-electron chi connectivity index (χ2n) is 5.49. The van der Waals surface area contributed by atoms with Gasteiger partial charge in [0.1, 0.15) is 6.04 Å². The number of aliphatic carboxylic acids is 1. The van der Waals surface area contributed by atoms with Gasteiger partial charge in [-0.15, -0.1) is 0 Å². The van der Waals surface area contributed by atoms with Gasteiger partial charge in [0.15, 0.2) is 0 Å². The number of nitrogens with one attached hydrogen (secondary N) is 2. The monoisotopic (exact) mass is 273 g/mol. The van der Waals surface area contributed by atoms with Gasteiger partial charge in [-0.25, -0.2) is 9.59 Å². The van der Waals surface area contributed by atoms with Crippen LogP contribution in [0, 0.1) is 5.92 Å². The van der Waals surface area contributed by atoms with Crippen molar-refractivity contribution in [1.29, 1.82) is 0 Å². The minimum absolute atomic E-state index is 0.216. The van der Waals surface area contributed by atoms with Crippen molar-refractivity contribution in [2.45, 2.75) is 46.2 Å². The molecule has 0 aliphatic heterocycles. The van der Waals surface area contributed by atoms with Crippen LogP contribution in [-0.4, -0.2) is 54.2 Å². The molecule has 0 aromatic carbocycles. The zero-order valence-corrected chi connectivity index (χ0v) is 12.6. The van der Waals surface area contributed by atoms with Crippen molar-refractivity contribution < 1.29 is 14.7 Å². The maximum absolute atomic E-state index is 11.6. The van der Waals surface area contributed by atoms with Gasteiger partial charge in [-0.1, -0.05) is 13.8 Å². The van der Waals surface area contributed by atoms with Gasteiger partial charge < -0.3 is 20.6 Å². The van der Waals surface area contributed by atoms with Crippen LogP contribution in [0.3, 0.4) is 0 Å². The highest BCUT2D eigenvalue weighted by molar-refractivity contribution is 5.82. The molecule has 0 saturated heterocycles. The van der Waals surface area contributed by atoms with Crippen LogP contribution in [0.15, 0.2) is 0 Å². The number of amides is 2. The molecule has 0 spiro atoms. The zero-order chi connectivity index (χ0) is 15.0. The highest BCUT2D eigenvalue weighted by Crippen LogP contribution is 2.04. The Bertz CT molecular complexity index is 293. The van der Waals surface area contributed by atoms with Gasteiger partial charge in [-0.05, 0) is 33.2 Å². The largest absolute Gasteiger partial charge is 0.480 e. The number of urea groups is 1. The molecule has 0 radical (unpaired) electrons. The number of carbonyl (C=O) groups is 2. The molecular formula is C13H27N3O3. The molecule has 6 nitrogen and oxygen atoms in total. The summed E-state index contributed by atoms with van der Waals surface area (Å²) in [4.78, 5) is 24.7. The van der Waals surface area contributed by atoms with E-state index in [1.54, 1.807) is 0 Å². The van der Waals surface area contributed by atoms with Crippen LogP contribution in [0.1, 0.15) is 34.1 Å². The molecular weight excluding hydrogens is 246 g/mol. The average molecular weight is 273 g/mol. The van der Waals surface area contributed by atoms with E-state index in [0.29, 0.717) is 19.0 Å². The number of carboxylic acid groups (broad SMARTS) is 1. The molecule has 112 valence electrons. The first kappa shape index (κ1) is 17.7. The molecule has 0 bridgehead atoms. The summed E-state index contributed by atoms with van der Waals surface area (Å²) in [5, 5.41) is 14.2. The predicted molar refractivity (Wildman–Crippen MR) is 75.2 cm³/mol. The lowest BCUT2D eigenvalue weighted by atomic mass is 10.0. The lowest BCUT2D eigenvalue weighted by Crippen LogP contribution is -2.48. The van der Waals surface area contributed by atoms with Crippen molar-refractivity contribution in [2.75, 3.05) is 20.1 Å². The van der Waals surface area contributed by atoms with Crippen molar-refractivity contribution in [3.05, 3.63) is 0 Å². The highest BCUT2D eigenvalue weighted by Gasteiger charge is 2.20. The normalized spacial score (nSPS) is 12.8. The van der Waals surface area contributed by atoms with Gasteiger partial charge in [0.2, 0.25) is 0 Å². The number of carboxylic acids is 1. The van der Waals surface area contributed by atoms with Crippen LogP contribution in [0.5, 0.6) is 0 Å². The Morgan fingerprint density at radius 1 is 1.21 bits per heavy atom. The SMILES string of the molecule is CC(C)C[C@@H](NC(=O)NCCN(C)C(C)C)C(=O)O. The molecule has 0 aromatic rings. The summed E-state index contributed by atoms with van der Waals surface area (Å²) in [6.07, 6.45) is 0.425. The number of rotatable bonds is 8. The molecule has 0 aliphatic carbocycles. The van der Waals surface area contributed by atoms with Crippen molar-refractivity contribution in [3.63, 3.8) is 0 Å². The summed E-state index contributed by atoms with van der Waals surface area (Å²) >= 11 is 0. The van der Waals surface area contributed by atoms with Crippen molar-refractivity contribution in [1.82, 2.24) is 15.5 Å². The van der Waals surface area contributed by atoms with Crippen LogP contribution in [0.2, 0.25) is 0 Å². The molecule has 0 aromatic heterocycles. The van der Waals surface area contributed by atoms with E-state index in [9.17, 15) is 9.59 Å². The fourth-order valence-corrected chi connectivity index (χ4v) is 1.51. The molecule has 3 N–H and O–H groups in total. The number of carbonyl (C=O) groups excluding carboxylic acids is 1. The molecule has 19 heavy (non-hydrogen) atoms. The van der Waals surface area contributed by atoms with Crippen molar-refractivity contribution in [2.24, 2.45) is 5.92 Å². The highest BCUT2D eigenvalue weighted by atomic mass is 16.4. The average Bonchev–Trinajstić information content (AvgIpc) is 2.26. The summed E-state index contributed by atoms with van der Waals surface area (Å²) in [5.74, 6) is -0.781. The lowest BCUT2D eigenvalue weighted by molar-refractivity contribution is -0.139. The second-order valence-corrected chi connectivity index (χ2v) is 5.49. The van der Waals surface area contributed by atoms with E-state index in [1.165, 1.54) is 0 Å². The van der Waals surface area contributed by atoms with E-state index in [-0.39, 0.29) is 5.92 Å². The Morgan fingerprint density at radius 2 is 1.79 bits per heavy atom. The molecule has 0 fully saturated rings. The maximum Gasteiger partial charge on any atom is 0.326 e. The van der Waals surface area contributed by atoms with Crippen LogP contribution < -0.4 is 10.6 Å². The Labute approximate surface area is 115 Å². The Balaban J connectivity index is 4.03. The Hall–Kier alpha value is -1.30. The second kappa shape index (κ2) is 8.74. The first-order valence-corrected chi connectivity index (χ1v) is 6.71. The maximum atomic E-state index is 11.6. The third-order valence-corrected chi connectivity index (χ3v) is 2.94. The van der Waals surface area contributed by atoms with Crippen molar-refractivity contribution >= 4 is 12.0 Å². The predicted octanol–water partition coefficient (Wildman–Crippen LogP) is 1.13. The van der Waals surface area contributed by atoms with Crippen LogP contribution in [0.4, 0.5) is 4.79 Å². The molecule has 1 atom stereocenters. The molecule has 6 heteroatoms. The molecule has 0 unspecified atom stereocenters. The van der Waals surface area contributed by atoms with Crippen LogP contribution >= 0.6 is 0 Å². The van der Waals surface area contributed by atoms with E-state index in [0.717, 1.165) is 6.54 Å². The fraction of sp³-hybridized carbons (Fsp3) is 0.846. The summed E-state index contributed by atoms with van der Waals surface area (Å²) in [6.45, 7) is 9.22. The van der Waals surface area contributed by atoms with E-state index >= 15 is 0 Å². The fourth-order valence-electron chi connectivity index (χ4n) is 1.51. The number of hydrogen-bond donors (Lipinski definition) is 3. The Kier molecular flexibility index (Phi) is 8.14. The standard InChI is InChI=1S/C13H27N3O3/c1-9(2)8-11(12(17)18)15-13(19)14-6-7-16(5)10(3)4/h9-11H,6-8H2,1-5H3,(H,17,18)(H2,14,15,19)/t11-/m1/s1. The number of hydrogen-bond acceptors (Lipinski definition) is 3. The van der Waals surface area contributed by atoms with Gasteiger partial charge in [-0.2, -0.15) is 0 Å². The van der Waals surface area contributed by atoms with E-state index in [1.807, 2.05) is 20.9 Å². The number of nitrogens with zero attached hydrogens (tertiary/aromatic N) is 1. The van der Waals surface area contributed by atoms with Crippen LogP contribution in [-0.2, 0) is 4.79 Å². The summed E-state index contributed by atoms with van der Waals surface area (Å²) in [7, 11) is 1.98. The molecule has 0 saturated carbocycles. The van der Waals surface area contributed by atoms with Crippen molar-refractivity contribution in [3.8, 4) is 0 Å². The van der Waals surface area contributed by atoms with Crippen LogP contribution in [0.25, 0.3) is 0 Å². The smallest absolute Gasteiger partial charge is 0.326 e. The van der Waals surface area contributed by atoms with Gasteiger partial charge >= 0.3 is 12.0 Å². The molecule has 0 heterocycles. The van der Waals surface area contributed by atoms with Gasteiger partial charge in [0.05, 0.1) is 0 Å². The minimum atomic E-state index is -0.997. The summed E-state index contributed by atoms with van der Waals surface area (Å²) in [6, 6.07) is -0.842.